The molecule has 0 nitrogen and oxygen atoms in total. The van der Waals surface area contributed by atoms with Crippen molar-refractivity contribution in [3.05, 3.63) is 0 Å². The fourth-order valence-electron chi connectivity index (χ4n) is 8.17. The van der Waals surface area contributed by atoms with E-state index >= 15 is 0 Å². The van der Waals surface area contributed by atoms with Crippen molar-refractivity contribution in [1.82, 2.24) is 0 Å². The molecule has 6 aliphatic rings. The normalized spacial score (nSPS) is 45.0. The third-order valence-corrected chi connectivity index (χ3v) is 20.6. The van der Waals surface area contributed by atoms with E-state index < -0.39 is 20.2 Å². The van der Waals surface area contributed by atoms with E-state index in [0.717, 1.165) is 3.36 Å². The van der Waals surface area contributed by atoms with E-state index in [1.54, 1.807) is 103 Å². The summed E-state index contributed by atoms with van der Waals surface area (Å²) in [4.78, 5) is 0. The summed E-state index contributed by atoms with van der Waals surface area (Å²) in [5.74, 6) is 3.58. The first kappa shape index (κ1) is 16.0. The van der Waals surface area contributed by atoms with Crippen molar-refractivity contribution >= 4 is 20.2 Å². The van der Waals surface area contributed by atoms with E-state index in [9.17, 15) is 0 Å². The van der Waals surface area contributed by atoms with Gasteiger partial charge < -0.3 is 0 Å². The van der Waals surface area contributed by atoms with E-state index in [4.69, 9.17) is 0 Å². The van der Waals surface area contributed by atoms with Gasteiger partial charge in [0, 0.05) is 0 Å². The number of hydrogen-bond acceptors (Lipinski definition) is 0. The zero-order valence-corrected chi connectivity index (χ0v) is 17.7. The summed E-state index contributed by atoms with van der Waals surface area (Å²) >= 11 is -1.17. The second-order valence-corrected chi connectivity index (χ2v) is 19.3. The van der Waals surface area contributed by atoms with Crippen molar-refractivity contribution in [3.63, 3.8) is 0 Å². The molecule has 0 heterocycles. The van der Waals surface area contributed by atoms with Crippen LogP contribution < -0.4 is 0 Å². The van der Waals surface area contributed by atoms with Gasteiger partial charge in [0.05, 0.1) is 0 Å². The molecular weight excluding hydrogens is 386 g/mol. The molecule has 6 rings (SSSR count). The molecule has 0 aliphatic heterocycles. The molecule has 0 aromatic carbocycles. The first-order chi connectivity index (χ1) is 11.3. The summed E-state index contributed by atoms with van der Waals surface area (Å²) in [6.45, 7) is 0. The Balaban J connectivity index is 1.46. The van der Waals surface area contributed by atoms with Gasteiger partial charge in [0.2, 0.25) is 0 Å². The molecule has 0 spiro atoms. The van der Waals surface area contributed by atoms with Crippen molar-refractivity contribution in [1.29, 1.82) is 0 Å². The van der Waals surface area contributed by atoms with Crippen LogP contribution in [0.15, 0.2) is 0 Å². The van der Waals surface area contributed by atoms with Crippen molar-refractivity contribution in [2.24, 2.45) is 17.8 Å². The molecule has 6 aliphatic carbocycles. The summed E-state index contributed by atoms with van der Waals surface area (Å²) in [5.41, 5.74) is 0. The Labute approximate surface area is 151 Å². The van der Waals surface area contributed by atoms with Gasteiger partial charge in [-0.2, -0.15) is 0 Å². The molecule has 6 fully saturated rings. The predicted octanol–water partition coefficient (Wildman–Crippen LogP) is 7.12. The molecule has 0 amide bonds. The summed E-state index contributed by atoms with van der Waals surface area (Å²) in [6, 6.07) is 0. The molecule has 130 valence electrons. The Morgan fingerprint density at radius 2 is 0.913 bits per heavy atom. The minimum atomic E-state index is -1.17. The maximum atomic E-state index is 1.75. The average molecular weight is 423 g/mol. The molecule has 6 saturated carbocycles. The van der Waals surface area contributed by atoms with Crippen LogP contribution in [0.5, 0.6) is 0 Å². The predicted molar refractivity (Wildman–Crippen MR) is 100 cm³/mol. The van der Waals surface area contributed by atoms with Gasteiger partial charge in [0.1, 0.15) is 0 Å². The van der Waals surface area contributed by atoms with Gasteiger partial charge in [-0.3, -0.25) is 0 Å². The van der Waals surface area contributed by atoms with E-state index in [2.05, 4.69) is 0 Å². The summed E-state index contributed by atoms with van der Waals surface area (Å²) in [6.07, 6.45) is 26.5. The van der Waals surface area contributed by atoms with Crippen molar-refractivity contribution in [2.75, 3.05) is 0 Å². The Morgan fingerprint density at radius 3 is 1.30 bits per heavy atom. The maximum absolute atomic E-state index is 1.75. The van der Waals surface area contributed by atoms with Crippen LogP contribution in [0.1, 0.15) is 103 Å². The molecule has 23 heavy (non-hydrogen) atoms. The fraction of sp³-hybridized carbons (Fsp3) is 1.00. The first-order valence-electron chi connectivity index (χ1n) is 11.1. The summed E-state index contributed by atoms with van der Waals surface area (Å²) < 4.78 is 3.64. The second-order valence-electron chi connectivity index (χ2n) is 10.1. The molecule has 0 N–H and O–H groups in total. The molecule has 0 saturated heterocycles. The van der Waals surface area contributed by atoms with Crippen LogP contribution >= 0.6 is 0 Å². The molecule has 0 radical (unpaired) electrons. The van der Waals surface area contributed by atoms with Crippen molar-refractivity contribution in [3.8, 4) is 0 Å². The van der Waals surface area contributed by atoms with Gasteiger partial charge in [0.15, 0.2) is 0 Å². The van der Waals surface area contributed by atoms with E-state index in [0.29, 0.717) is 0 Å². The van der Waals surface area contributed by atoms with E-state index in [1.165, 1.54) is 25.5 Å². The minimum absolute atomic E-state index is 1.02. The number of hydrogen-bond donors (Lipinski definition) is 0. The van der Waals surface area contributed by atoms with Crippen LogP contribution in [0.2, 0.25) is 11.1 Å². The second kappa shape index (κ2) is 6.52. The topological polar surface area (TPSA) is 0 Å². The third-order valence-electron chi connectivity index (χ3n) is 8.49. The summed E-state index contributed by atoms with van der Waals surface area (Å²) in [7, 11) is 0. The van der Waals surface area contributed by atoms with Gasteiger partial charge in [-0.15, -0.1) is 0 Å². The number of rotatable bonds is 3. The Hall–Kier alpha value is 0.818. The van der Waals surface area contributed by atoms with Gasteiger partial charge in [-0.1, -0.05) is 0 Å². The zero-order chi connectivity index (χ0) is 15.3. The third kappa shape index (κ3) is 2.96. The van der Waals surface area contributed by atoms with Crippen LogP contribution in [0.3, 0.4) is 0 Å². The Bertz CT molecular complexity index is 362. The van der Waals surface area contributed by atoms with E-state index in [-0.39, 0.29) is 0 Å². The Kier molecular flexibility index (Phi) is 4.54. The molecular formula is C22H37Sb. The molecule has 0 unspecified atom stereocenters. The first-order valence-corrected chi connectivity index (χ1v) is 15.3. The molecule has 4 bridgehead atoms. The van der Waals surface area contributed by atoms with Crippen LogP contribution in [0, 0.1) is 17.8 Å². The van der Waals surface area contributed by atoms with Crippen molar-refractivity contribution in [2.45, 2.75) is 114 Å². The van der Waals surface area contributed by atoms with Gasteiger partial charge in [0.25, 0.3) is 0 Å². The monoisotopic (exact) mass is 422 g/mol. The van der Waals surface area contributed by atoms with Gasteiger partial charge in [-0.05, 0) is 0 Å². The van der Waals surface area contributed by atoms with Gasteiger partial charge >= 0.3 is 152 Å². The standard InChI is InChI=1S/C10H15.2C6H11.Sb/c1-7-2-9-4-8(1)5-10(3-7)6-9;2*1-2-4-6-5-3-1;/h7-9H,1-6H2;2*1H,2-6H2;. The fourth-order valence-corrected chi connectivity index (χ4v) is 23.6. The van der Waals surface area contributed by atoms with Crippen molar-refractivity contribution < 1.29 is 0 Å². The van der Waals surface area contributed by atoms with Crippen LogP contribution in [-0.4, -0.2) is 20.2 Å². The molecule has 0 aromatic heterocycles. The Morgan fingerprint density at radius 1 is 0.522 bits per heavy atom. The summed E-state index contributed by atoms with van der Waals surface area (Å²) in [5, 5.41) is 0. The van der Waals surface area contributed by atoms with Crippen LogP contribution in [0.4, 0.5) is 0 Å². The quantitative estimate of drug-likeness (QED) is 0.424. The molecule has 0 aromatic rings. The molecule has 0 atom stereocenters. The molecule has 1 heteroatoms. The van der Waals surface area contributed by atoms with Crippen LogP contribution in [0.25, 0.3) is 0 Å². The average Bonchev–Trinajstić information content (AvgIpc) is 2.55. The SMILES string of the molecule is C1CC[CH]([Sb]([CH]2CCCCC2)[C]23CC4CC(CC(C4)C2)C3)CC1. The van der Waals surface area contributed by atoms with Gasteiger partial charge in [-0.25, -0.2) is 0 Å². The van der Waals surface area contributed by atoms with E-state index in [1.807, 2.05) is 0 Å². The van der Waals surface area contributed by atoms with Crippen LogP contribution in [-0.2, 0) is 0 Å². The zero-order valence-electron chi connectivity index (χ0n) is 15.1.